The number of hydrogen-bond acceptors (Lipinski definition) is 5. The Morgan fingerprint density at radius 3 is 3.11 bits per heavy atom. The van der Waals surface area contributed by atoms with Crippen molar-refractivity contribution in [3.8, 4) is 0 Å². The molecule has 1 unspecified atom stereocenters. The van der Waals surface area contributed by atoms with Gasteiger partial charge >= 0.3 is 5.91 Å². The highest BCUT2D eigenvalue weighted by molar-refractivity contribution is 6.01. The minimum atomic E-state index is -0.465. The molecule has 0 aromatic carbocycles. The first kappa shape index (κ1) is 11.5. The highest BCUT2D eigenvalue weighted by Crippen LogP contribution is 2.30. The number of nitrogens with one attached hydrogen (secondary N) is 1. The van der Waals surface area contributed by atoms with Crippen LogP contribution in [0.5, 0.6) is 0 Å². The summed E-state index contributed by atoms with van der Waals surface area (Å²) >= 11 is 0. The molecule has 0 saturated heterocycles. The van der Waals surface area contributed by atoms with Crippen molar-refractivity contribution in [1.29, 1.82) is 0 Å². The SMILES string of the molecule is CC1Cc2c(N)nn(C(=O)c3ccco3)c2NC1=O. The highest BCUT2D eigenvalue weighted by atomic mass is 16.3. The predicted octanol–water partition coefficient (Wildman–Crippen LogP) is 0.878. The fraction of sp³-hybridized carbons (Fsp3) is 0.250. The molecular formula is C12H12N4O3. The molecule has 1 amide bonds. The van der Waals surface area contributed by atoms with Gasteiger partial charge in [0.05, 0.1) is 6.26 Å². The Balaban J connectivity index is 2.07. The molecule has 1 aliphatic rings. The lowest BCUT2D eigenvalue weighted by molar-refractivity contribution is -0.119. The average Bonchev–Trinajstić information content (AvgIpc) is 3.00. The van der Waals surface area contributed by atoms with E-state index in [9.17, 15) is 9.59 Å². The van der Waals surface area contributed by atoms with E-state index in [0.29, 0.717) is 17.8 Å². The number of fused-ring (bicyclic) bond motifs is 1. The van der Waals surface area contributed by atoms with Crippen molar-refractivity contribution in [3.63, 3.8) is 0 Å². The van der Waals surface area contributed by atoms with Gasteiger partial charge in [-0.2, -0.15) is 4.68 Å². The number of aromatic nitrogens is 2. The molecule has 2 aromatic heterocycles. The third-order valence-corrected chi connectivity index (χ3v) is 3.14. The average molecular weight is 260 g/mol. The largest absolute Gasteiger partial charge is 0.459 e. The van der Waals surface area contributed by atoms with Gasteiger partial charge in [0.2, 0.25) is 5.91 Å². The standard InChI is InChI=1S/C12H12N4O3/c1-6-5-7-9(13)15-16(10(7)14-11(6)17)12(18)8-3-2-4-19-8/h2-4,6H,5H2,1H3,(H2,13,15)(H,14,17). The molecule has 0 spiro atoms. The maximum absolute atomic E-state index is 12.2. The summed E-state index contributed by atoms with van der Waals surface area (Å²) in [5.74, 6) is -0.0817. The molecule has 0 fully saturated rings. The summed E-state index contributed by atoms with van der Waals surface area (Å²) in [5, 5.41) is 6.65. The van der Waals surface area contributed by atoms with E-state index in [0.717, 1.165) is 4.68 Å². The number of nitrogens with zero attached hydrogens (tertiary/aromatic N) is 2. The van der Waals surface area contributed by atoms with E-state index in [-0.39, 0.29) is 23.4 Å². The molecule has 7 nitrogen and oxygen atoms in total. The van der Waals surface area contributed by atoms with Gasteiger partial charge in [0, 0.05) is 11.5 Å². The lowest BCUT2D eigenvalue weighted by atomic mass is 9.98. The van der Waals surface area contributed by atoms with Crippen molar-refractivity contribution < 1.29 is 14.0 Å². The lowest BCUT2D eigenvalue weighted by Crippen LogP contribution is -2.30. The van der Waals surface area contributed by atoms with Crippen molar-refractivity contribution in [2.24, 2.45) is 5.92 Å². The second-order valence-corrected chi connectivity index (χ2v) is 4.50. The lowest BCUT2D eigenvalue weighted by Gasteiger charge is -2.19. The number of anilines is 2. The zero-order valence-corrected chi connectivity index (χ0v) is 10.2. The first-order valence-corrected chi connectivity index (χ1v) is 5.84. The molecular weight excluding hydrogens is 248 g/mol. The molecule has 0 bridgehead atoms. The fourth-order valence-electron chi connectivity index (χ4n) is 2.09. The van der Waals surface area contributed by atoms with Crippen molar-refractivity contribution in [1.82, 2.24) is 9.78 Å². The van der Waals surface area contributed by atoms with E-state index in [1.54, 1.807) is 13.0 Å². The smallest absolute Gasteiger partial charge is 0.315 e. The number of nitrogen functional groups attached to an aromatic ring is 1. The van der Waals surface area contributed by atoms with Crippen molar-refractivity contribution in [2.45, 2.75) is 13.3 Å². The van der Waals surface area contributed by atoms with Gasteiger partial charge in [0.15, 0.2) is 11.6 Å². The minimum absolute atomic E-state index is 0.137. The van der Waals surface area contributed by atoms with E-state index >= 15 is 0 Å². The first-order chi connectivity index (χ1) is 9.08. The molecule has 2 aromatic rings. The molecule has 1 atom stereocenters. The molecule has 3 N–H and O–H groups in total. The van der Waals surface area contributed by atoms with Gasteiger partial charge < -0.3 is 15.5 Å². The Kier molecular flexibility index (Phi) is 2.41. The number of carbonyl (C=O) groups excluding carboxylic acids is 2. The zero-order valence-electron chi connectivity index (χ0n) is 10.2. The summed E-state index contributed by atoms with van der Waals surface area (Å²) in [7, 11) is 0. The van der Waals surface area contributed by atoms with Gasteiger partial charge in [0.25, 0.3) is 0 Å². The van der Waals surface area contributed by atoms with Crippen molar-refractivity contribution in [2.75, 3.05) is 11.1 Å². The summed E-state index contributed by atoms with van der Waals surface area (Å²) in [5.41, 5.74) is 6.48. The quantitative estimate of drug-likeness (QED) is 0.792. The summed E-state index contributed by atoms with van der Waals surface area (Å²) in [6.45, 7) is 1.80. The van der Waals surface area contributed by atoms with E-state index < -0.39 is 5.91 Å². The third-order valence-electron chi connectivity index (χ3n) is 3.14. The second-order valence-electron chi connectivity index (χ2n) is 4.50. The molecule has 0 aliphatic carbocycles. The van der Waals surface area contributed by atoms with Crippen LogP contribution in [-0.4, -0.2) is 21.6 Å². The van der Waals surface area contributed by atoms with E-state index in [2.05, 4.69) is 10.4 Å². The normalized spacial score (nSPS) is 17.9. The topological polar surface area (TPSA) is 103 Å². The van der Waals surface area contributed by atoms with Gasteiger partial charge in [-0.1, -0.05) is 6.92 Å². The van der Waals surface area contributed by atoms with Crippen LogP contribution < -0.4 is 11.1 Å². The van der Waals surface area contributed by atoms with Crippen LogP contribution in [0, 0.1) is 5.92 Å². The van der Waals surface area contributed by atoms with Crippen LogP contribution >= 0.6 is 0 Å². The molecule has 19 heavy (non-hydrogen) atoms. The van der Waals surface area contributed by atoms with Crippen LogP contribution in [0.25, 0.3) is 0 Å². The van der Waals surface area contributed by atoms with Gasteiger partial charge in [-0.3, -0.25) is 9.59 Å². The number of nitrogens with two attached hydrogens (primary N) is 1. The van der Waals surface area contributed by atoms with E-state index in [4.69, 9.17) is 10.2 Å². The predicted molar refractivity (Wildman–Crippen MR) is 66.6 cm³/mol. The molecule has 0 saturated carbocycles. The Bertz CT molecular complexity index is 657. The van der Waals surface area contributed by atoms with Crippen LogP contribution in [-0.2, 0) is 11.2 Å². The number of amides is 1. The van der Waals surface area contributed by atoms with Gasteiger partial charge in [-0.15, -0.1) is 5.10 Å². The van der Waals surface area contributed by atoms with E-state index in [1.165, 1.54) is 12.3 Å². The molecule has 7 heteroatoms. The number of furan rings is 1. The fourth-order valence-corrected chi connectivity index (χ4v) is 2.09. The third kappa shape index (κ3) is 1.70. The summed E-state index contributed by atoms with van der Waals surface area (Å²) in [6.07, 6.45) is 1.87. The summed E-state index contributed by atoms with van der Waals surface area (Å²) in [4.78, 5) is 23.9. The van der Waals surface area contributed by atoms with Crippen LogP contribution in [0.2, 0.25) is 0 Å². The summed E-state index contributed by atoms with van der Waals surface area (Å²) < 4.78 is 6.11. The Hall–Kier alpha value is -2.57. The second kappa shape index (κ2) is 3.98. The minimum Gasteiger partial charge on any atom is -0.459 e. The van der Waals surface area contributed by atoms with Crippen molar-refractivity contribution >= 4 is 23.5 Å². The number of rotatable bonds is 1. The Labute approximate surface area is 108 Å². The molecule has 0 radical (unpaired) electrons. The van der Waals surface area contributed by atoms with Gasteiger partial charge in [0.1, 0.15) is 5.82 Å². The molecule has 98 valence electrons. The molecule has 1 aliphatic heterocycles. The van der Waals surface area contributed by atoms with Crippen LogP contribution in [0.4, 0.5) is 11.6 Å². The summed E-state index contributed by atoms with van der Waals surface area (Å²) in [6, 6.07) is 3.13. The maximum Gasteiger partial charge on any atom is 0.315 e. The van der Waals surface area contributed by atoms with Crippen LogP contribution in [0.1, 0.15) is 23.0 Å². The number of carbonyl (C=O) groups is 2. The van der Waals surface area contributed by atoms with Gasteiger partial charge in [-0.05, 0) is 18.6 Å². The monoisotopic (exact) mass is 260 g/mol. The van der Waals surface area contributed by atoms with Crippen molar-refractivity contribution in [3.05, 3.63) is 29.7 Å². The maximum atomic E-state index is 12.2. The molecule has 3 heterocycles. The van der Waals surface area contributed by atoms with Crippen LogP contribution in [0.15, 0.2) is 22.8 Å². The Morgan fingerprint density at radius 2 is 2.42 bits per heavy atom. The van der Waals surface area contributed by atoms with E-state index in [1.807, 2.05) is 0 Å². The Morgan fingerprint density at radius 1 is 1.63 bits per heavy atom. The highest BCUT2D eigenvalue weighted by Gasteiger charge is 2.31. The zero-order chi connectivity index (χ0) is 13.6. The first-order valence-electron chi connectivity index (χ1n) is 5.84. The van der Waals surface area contributed by atoms with Crippen LogP contribution in [0.3, 0.4) is 0 Å². The molecule has 3 rings (SSSR count). The number of hydrogen-bond donors (Lipinski definition) is 2. The van der Waals surface area contributed by atoms with Gasteiger partial charge in [-0.25, -0.2) is 0 Å².